The van der Waals surface area contributed by atoms with E-state index in [9.17, 15) is 9.90 Å². The number of nitrogens with zero attached hydrogens (tertiary/aromatic N) is 1. The van der Waals surface area contributed by atoms with Crippen molar-refractivity contribution in [2.75, 3.05) is 5.75 Å². The van der Waals surface area contributed by atoms with Crippen LogP contribution in [0.2, 0.25) is 0 Å². The number of fused-ring (bicyclic) bond motifs is 2. The molecule has 0 bridgehead atoms. The van der Waals surface area contributed by atoms with Crippen LogP contribution < -0.4 is 10.6 Å². The predicted molar refractivity (Wildman–Crippen MR) is 107 cm³/mol. The molecule has 134 valence electrons. The van der Waals surface area contributed by atoms with E-state index in [1.54, 1.807) is 0 Å². The van der Waals surface area contributed by atoms with E-state index in [2.05, 4.69) is 50.3 Å². The largest absolute Gasteiger partial charge is 0.480 e. The Labute approximate surface area is 157 Å². The van der Waals surface area contributed by atoms with Gasteiger partial charge in [0.25, 0.3) is 0 Å². The van der Waals surface area contributed by atoms with Crippen LogP contribution in [0.4, 0.5) is 0 Å². The first kappa shape index (κ1) is 17.2. The van der Waals surface area contributed by atoms with E-state index >= 15 is 0 Å². The maximum absolute atomic E-state index is 11.4. The second-order valence-corrected chi connectivity index (χ2v) is 8.23. The lowest BCUT2D eigenvalue weighted by atomic mass is 10.0. The summed E-state index contributed by atoms with van der Waals surface area (Å²) in [5.41, 5.74) is 6.31. The molecule has 1 aliphatic heterocycles. The van der Waals surface area contributed by atoms with Crippen molar-refractivity contribution in [3.05, 3.63) is 62.8 Å². The fraction of sp³-hybridized carbons (Fsp3) is 0.318. The minimum atomic E-state index is -0.797. The highest BCUT2D eigenvalue weighted by Gasteiger charge is 2.16. The molecule has 0 fully saturated rings. The number of hydrogen-bond acceptors (Lipinski definition) is 2. The summed E-state index contributed by atoms with van der Waals surface area (Å²) in [6, 6.07) is 6.80. The lowest BCUT2D eigenvalue weighted by Gasteiger charge is -2.07. The molecule has 2 heterocycles. The maximum Gasteiger partial charge on any atom is 0.323 e. The second kappa shape index (κ2) is 6.84. The summed E-state index contributed by atoms with van der Waals surface area (Å²) < 4.78 is 1.96. The van der Waals surface area contributed by atoms with Crippen LogP contribution in [-0.2, 0) is 24.2 Å². The fourth-order valence-electron chi connectivity index (χ4n) is 3.98. The number of aliphatic carboxylic acids is 1. The molecule has 0 spiro atoms. The summed E-state index contributed by atoms with van der Waals surface area (Å²) in [4.78, 5) is 12.8. The Hall–Kier alpha value is -2.20. The second-order valence-electron chi connectivity index (χ2n) is 7.09. The normalized spacial score (nSPS) is 15.4. The SMILES string of the molecule is CC1=CCC=c2c(c(Cc3ccc4c(c3)CCS4)c(C)n2CC(=O)O)=C1. The van der Waals surface area contributed by atoms with Gasteiger partial charge in [-0.2, -0.15) is 0 Å². The Bertz CT molecular complexity index is 1040. The molecule has 0 saturated heterocycles. The smallest absolute Gasteiger partial charge is 0.323 e. The molecule has 4 rings (SSSR count). The number of carboxylic acids is 1. The van der Waals surface area contributed by atoms with Gasteiger partial charge in [-0.15, -0.1) is 11.8 Å². The highest BCUT2D eigenvalue weighted by molar-refractivity contribution is 7.99. The van der Waals surface area contributed by atoms with Crippen LogP contribution in [0.5, 0.6) is 0 Å². The number of rotatable bonds is 4. The fourth-order valence-corrected chi connectivity index (χ4v) is 5.03. The minimum absolute atomic E-state index is 0.0123. The molecule has 0 radical (unpaired) electrons. The zero-order valence-corrected chi connectivity index (χ0v) is 16.0. The van der Waals surface area contributed by atoms with Crippen molar-refractivity contribution < 1.29 is 9.90 Å². The van der Waals surface area contributed by atoms with Crippen molar-refractivity contribution in [1.29, 1.82) is 0 Å². The van der Waals surface area contributed by atoms with Crippen molar-refractivity contribution in [2.45, 2.75) is 44.6 Å². The summed E-state index contributed by atoms with van der Waals surface area (Å²) in [7, 11) is 0. The summed E-state index contributed by atoms with van der Waals surface area (Å²) in [5.74, 6) is 0.379. The van der Waals surface area contributed by atoms with Crippen LogP contribution in [0.3, 0.4) is 0 Å². The number of benzene rings is 1. The summed E-state index contributed by atoms with van der Waals surface area (Å²) in [6.45, 7) is 4.18. The number of carboxylic acid groups (broad SMARTS) is 1. The highest BCUT2D eigenvalue weighted by atomic mass is 32.2. The van der Waals surface area contributed by atoms with Gasteiger partial charge >= 0.3 is 5.97 Å². The first-order valence-electron chi connectivity index (χ1n) is 9.06. The summed E-state index contributed by atoms with van der Waals surface area (Å²) >= 11 is 1.93. The van der Waals surface area contributed by atoms with E-state index in [0.717, 1.165) is 30.3 Å². The van der Waals surface area contributed by atoms with Gasteiger partial charge in [-0.05, 0) is 61.9 Å². The average Bonchev–Trinajstić information content (AvgIpc) is 3.08. The molecule has 3 nitrogen and oxygen atoms in total. The standard InChI is InChI=1S/C22H23NO2S/c1-14-4-3-5-20-19(10-14)18(15(2)23(20)13-22(24)25)12-16-6-7-21-17(11-16)8-9-26-21/h4-7,10-11H,3,8-9,12-13H2,1-2H3,(H,24,25). The zero-order valence-electron chi connectivity index (χ0n) is 15.2. The van der Waals surface area contributed by atoms with Crippen LogP contribution in [-0.4, -0.2) is 21.4 Å². The van der Waals surface area contributed by atoms with Crippen LogP contribution in [0.15, 0.2) is 34.7 Å². The first-order valence-corrected chi connectivity index (χ1v) is 10.0. The maximum atomic E-state index is 11.4. The summed E-state index contributed by atoms with van der Waals surface area (Å²) in [6.07, 6.45) is 9.39. The van der Waals surface area contributed by atoms with Crippen LogP contribution in [0.1, 0.15) is 35.7 Å². The number of allylic oxidation sites excluding steroid dienone is 2. The minimum Gasteiger partial charge on any atom is -0.480 e. The van der Waals surface area contributed by atoms with E-state index in [0.29, 0.717) is 0 Å². The van der Waals surface area contributed by atoms with Gasteiger partial charge < -0.3 is 9.67 Å². The molecule has 0 saturated carbocycles. The zero-order chi connectivity index (χ0) is 18.3. The molecule has 2 aromatic rings. The Morgan fingerprint density at radius 3 is 2.92 bits per heavy atom. The number of thioether (sulfide) groups is 1. The molecule has 1 N–H and O–H groups in total. The third kappa shape index (κ3) is 3.14. The first-order chi connectivity index (χ1) is 12.5. The number of aryl methyl sites for hydroxylation is 1. The highest BCUT2D eigenvalue weighted by Crippen LogP contribution is 2.32. The van der Waals surface area contributed by atoms with Gasteiger partial charge in [0.1, 0.15) is 6.54 Å². The van der Waals surface area contributed by atoms with Gasteiger partial charge in [-0.25, -0.2) is 0 Å². The van der Waals surface area contributed by atoms with Crippen molar-refractivity contribution in [3.8, 4) is 0 Å². The molecule has 26 heavy (non-hydrogen) atoms. The average molecular weight is 365 g/mol. The lowest BCUT2D eigenvalue weighted by molar-refractivity contribution is -0.137. The molecule has 1 aromatic heterocycles. The van der Waals surface area contributed by atoms with Crippen LogP contribution in [0, 0.1) is 6.92 Å². The van der Waals surface area contributed by atoms with Gasteiger partial charge in [-0.3, -0.25) is 4.79 Å². The van der Waals surface area contributed by atoms with Crippen LogP contribution >= 0.6 is 11.8 Å². The Morgan fingerprint density at radius 1 is 1.27 bits per heavy atom. The van der Waals surface area contributed by atoms with E-state index in [1.165, 1.54) is 38.1 Å². The van der Waals surface area contributed by atoms with Crippen molar-refractivity contribution >= 4 is 29.9 Å². The molecule has 0 amide bonds. The molecule has 1 aromatic carbocycles. The van der Waals surface area contributed by atoms with E-state index in [4.69, 9.17) is 0 Å². The van der Waals surface area contributed by atoms with Gasteiger partial charge in [0.05, 0.1) is 0 Å². The predicted octanol–water partition coefficient (Wildman–Crippen LogP) is 3.03. The summed E-state index contributed by atoms with van der Waals surface area (Å²) in [5, 5.41) is 11.6. The molecule has 4 heteroatoms. The van der Waals surface area contributed by atoms with Crippen molar-refractivity contribution in [1.82, 2.24) is 4.57 Å². The Balaban J connectivity index is 1.85. The van der Waals surface area contributed by atoms with Crippen molar-refractivity contribution in [2.24, 2.45) is 0 Å². The quantitative estimate of drug-likeness (QED) is 0.906. The molecule has 0 unspecified atom stereocenters. The molecule has 2 aliphatic rings. The number of carbonyl (C=O) groups is 1. The monoisotopic (exact) mass is 365 g/mol. The molecular formula is C22H23NO2S. The van der Waals surface area contributed by atoms with E-state index in [1.807, 2.05) is 16.3 Å². The van der Waals surface area contributed by atoms with E-state index in [-0.39, 0.29) is 6.54 Å². The van der Waals surface area contributed by atoms with Gasteiger partial charge in [-0.1, -0.05) is 29.9 Å². The molecule has 1 aliphatic carbocycles. The molecule has 0 atom stereocenters. The van der Waals surface area contributed by atoms with Crippen molar-refractivity contribution in [3.63, 3.8) is 0 Å². The lowest BCUT2D eigenvalue weighted by Crippen LogP contribution is -2.32. The number of hydrogen-bond donors (Lipinski definition) is 1. The number of aromatic nitrogens is 1. The Kier molecular flexibility index (Phi) is 4.53. The third-order valence-corrected chi connectivity index (χ3v) is 6.40. The molecular weight excluding hydrogens is 342 g/mol. The Morgan fingerprint density at radius 2 is 2.12 bits per heavy atom. The van der Waals surface area contributed by atoms with Crippen LogP contribution in [0.25, 0.3) is 12.2 Å². The van der Waals surface area contributed by atoms with E-state index < -0.39 is 5.97 Å². The van der Waals surface area contributed by atoms with Gasteiger partial charge in [0.2, 0.25) is 0 Å². The van der Waals surface area contributed by atoms with Gasteiger partial charge in [0, 0.05) is 26.9 Å². The van der Waals surface area contributed by atoms with Gasteiger partial charge in [0.15, 0.2) is 0 Å². The third-order valence-electron chi connectivity index (χ3n) is 5.28. The topological polar surface area (TPSA) is 42.2 Å².